The van der Waals surface area contributed by atoms with Crippen LogP contribution in [-0.4, -0.2) is 74.9 Å². The van der Waals surface area contributed by atoms with E-state index in [1.807, 2.05) is 0 Å². The average Bonchev–Trinajstić information content (AvgIpc) is 3.16. The van der Waals surface area contributed by atoms with Crippen molar-refractivity contribution in [1.29, 1.82) is 0 Å². The van der Waals surface area contributed by atoms with Crippen LogP contribution in [0, 0.1) is 0 Å². The highest BCUT2D eigenvalue weighted by atomic mass is 32.2. The van der Waals surface area contributed by atoms with E-state index in [0.717, 1.165) is 19.4 Å². The molecule has 1 amide bonds. The number of hydrogen-bond donors (Lipinski definition) is 2. The van der Waals surface area contributed by atoms with Crippen molar-refractivity contribution in [2.75, 3.05) is 32.7 Å². The summed E-state index contributed by atoms with van der Waals surface area (Å²) < 4.78 is 54.6. The van der Waals surface area contributed by atoms with E-state index in [2.05, 4.69) is 9.62 Å². The molecule has 2 atom stereocenters. The van der Waals surface area contributed by atoms with Gasteiger partial charge in [0.25, 0.3) is 5.92 Å². The number of nitrogens with two attached hydrogens (primary N) is 1. The number of alkyl halides is 2. The Labute approximate surface area is 176 Å². The van der Waals surface area contributed by atoms with E-state index in [1.54, 1.807) is 30.3 Å². The van der Waals surface area contributed by atoms with Gasteiger partial charge in [0.05, 0.1) is 11.4 Å². The Morgan fingerprint density at radius 1 is 1.27 bits per heavy atom. The van der Waals surface area contributed by atoms with E-state index in [-0.39, 0.29) is 29.8 Å². The van der Waals surface area contributed by atoms with Crippen LogP contribution in [0.4, 0.5) is 8.78 Å². The lowest BCUT2D eigenvalue weighted by Gasteiger charge is -2.34. The van der Waals surface area contributed by atoms with Gasteiger partial charge in [-0.15, -0.1) is 0 Å². The SMILES string of the molecule is N[C@@H](CCN1CCC[C@H]1CNS(=O)(=O)c1ccccc1)CN1CC(F)(F)CCC1=O. The van der Waals surface area contributed by atoms with Gasteiger partial charge in [-0.2, -0.15) is 0 Å². The summed E-state index contributed by atoms with van der Waals surface area (Å²) in [5, 5.41) is 0. The van der Waals surface area contributed by atoms with Crippen molar-refractivity contribution in [2.24, 2.45) is 5.73 Å². The second-order valence-corrected chi connectivity index (χ2v) is 9.94. The number of piperidine rings is 1. The number of rotatable bonds is 9. The van der Waals surface area contributed by atoms with Gasteiger partial charge in [0, 0.05) is 44.6 Å². The van der Waals surface area contributed by atoms with Gasteiger partial charge in [0.2, 0.25) is 15.9 Å². The Morgan fingerprint density at radius 2 is 2.00 bits per heavy atom. The fourth-order valence-electron chi connectivity index (χ4n) is 4.08. The number of nitrogens with zero attached hydrogens (tertiary/aromatic N) is 2. The van der Waals surface area contributed by atoms with Crippen molar-refractivity contribution in [3.63, 3.8) is 0 Å². The third kappa shape index (κ3) is 6.19. The lowest BCUT2D eigenvalue weighted by molar-refractivity contribution is -0.147. The summed E-state index contributed by atoms with van der Waals surface area (Å²) in [5.41, 5.74) is 6.12. The fourth-order valence-corrected chi connectivity index (χ4v) is 5.17. The molecule has 2 heterocycles. The summed E-state index contributed by atoms with van der Waals surface area (Å²) in [6, 6.07) is 7.90. The number of hydrogen-bond acceptors (Lipinski definition) is 5. The summed E-state index contributed by atoms with van der Waals surface area (Å²) in [5.74, 6) is -3.12. The molecule has 1 aromatic rings. The smallest absolute Gasteiger partial charge is 0.265 e. The summed E-state index contributed by atoms with van der Waals surface area (Å²) in [6.45, 7) is 1.34. The number of carbonyl (C=O) groups is 1. The van der Waals surface area contributed by atoms with E-state index in [0.29, 0.717) is 19.5 Å². The predicted molar refractivity (Wildman–Crippen MR) is 110 cm³/mol. The maximum Gasteiger partial charge on any atom is 0.265 e. The first-order chi connectivity index (χ1) is 14.2. The van der Waals surface area contributed by atoms with E-state index in [4.69, 9.17) is 5.73 Å². The van der Waals surface area contributed by atoms with Crippen LogP contribution >= 0.6 is 0 Å². The minimum Gasteiger partial charge on any atom is -0.335 e. The molecule has 3 rings (SSSR count). The fraction of sp³-hybridized carbons (Fsp3) is 0.650. The van der Waals surface area contributed by atoms with E-state index in [9.17, 15) is 22.0 Å². The van der Waals surface area contributed by atoms with E-state index < -0.39 is 35.0 Å². The number of halogens is 2. The number of nitrogens with one attached hydrogen (secondary N) is 1. The molecule has 1 aromatic carbocycles. The van der Waals surface area contributed by atoms with E-state index >= 15 is 0 Å². The van der Waals surface area contributed by atoms with Gasteiger partial charge in [-0.1, -0.05) is 18.2 Å². The highest BCUT2D eigenvalue weighted by Crippen LogP contribution is 2.27. The van der Waals surface area contributed by atoms with Crippen molar-refractivity contribution in [3.8, 4) is 0 Å². The van der Waals surface area contributed by atoms with Gasteiger partial charge >= 0.3 is 0 Å². The van der Waals surface area contributed by atoms with Crippen molar-refractivity contribution in [3.05, 3.63) is 30.3 Å². The summed E-state index contributed by atoms with van der Waals surface area (Å²) in [4.78, 5) is 15.5. The molecule has 7 nitrogen and oxygen atoms in total. The molecule has 168 valence electrons. The van der Waals surface area contributed by atoms with Gasteiger partial charge in [0.1, 0.15) is 0 Å². The highest BCUT2D eigenvalue weighted by molar-refractivity contribution is 7.89. The minimum atomic E-state index is -3.56. The standard InChI is InChI=1S/C20H30F2N4O3S/c21-20(22)10-8-19(27)26(15-20)14-16(23)9-12-25-11-4-5-17(25)13-24-30(28,29)18-6-2-1-3-7-18/h1-3,6-7,16-17,24H,4-5,8-15,23H2/t16-,17-/m0/s1. The second-order valence-electron chi connectivity index (χ2n) is 8.18. The molecule has 30 heavy (non-hydrogen) atoms. The first-order valence-electron chi connectivity index (χ1n) is 10.4. The molecule has 0 unspecified atom stereocenters. The predicted octanol–water partition coefficient (Wildman–Crippen LogP) is 1.40. The maximum atomic E-state index is 13.6. The first kappa shape index (κ1) is 23.1. The molecule has 0 radical (unpaired) electrons. The lowest BCUT2D eigenvalue weighted by Crippen LogP contribution is -2.51. The van der Waals surface area contributed by atoms with Gasteiger partial charge in [0.15, 0.2) is 0 Å². The van der Waals surface area contributed by atoms with Crippen molar-refractivity contribution < 1.29 is 22.0 Å². The third-order valence-electron chi connectivity index (χ3n) is 5.78. The monoisotopic (exact) mass is 444 g/mol. The second kappa shape index (κ2) is 9.67. The van der Waals surface area contributed by atoms with Crippen LogP contribution in [0.3, 0.4) is 0 Å². The normalized spacial score (nSPS) is 23.6. The van der Waals surface area contributed by atoms with Crippen LogP contribution < -0.4 is 10.5 Å². The number of carbonyl (C=O) groups excluding carboxylic acids is 1. The van der Waals surface area contributed by atoms with Crippen LogP contribution in [0.15, 0.2) is 35.2 Å². The zero-order chi connectivity index (χ0) is 21.8. The molecule has 0 bridgehead atoms. The Bertz CT molecular complexity index is 823. The summed E-state index contributed by atoms with van der Waals surface area (Å²) in [7, 11) is -3.56. The summed E-state index contributed by atoms with van der Waals surface area (Å²) >= 11 is 0. The number of sulfonamides is 1. The molecule has 2 aliphatic heterocycles. The largest absolute Gasteiger partial charge is 0.335 e. The molecular formula is C20H30F2N4O3S. The van der Waals surface area contributed by atoms with Crippen LogP contribution in [-0.2, 0) is 14.8 Å². The van der Waals surface area contributed by atoms with Crippen LogP contribution in [0.2, 0.25) is 0 Å². The summed E-state index contributed by atoms with van der Waals surface area (Å²) in [6.07, 6.45) is 1.85. The number of amides is 1. The van der Waals surface area contributed by atoms with Gasteiger partial charge in [-0.25, -0.2) is 21.9 Å². The Kier molecular flexibility index (Phi) is 7.43. The maximum absolute atomic E-state index is 13.6. The molecule has 3 N–H and O–H groups in total. The Hall–Kier alpha value is -1.62. The van der Waals surface area contributed by atoms with Crippen LogP contribution in [0.1, 0.15) is 32.1 Å². The van der Waals surface area contributed by atoms with Crippen LogP contribution in [0.5, 0.6) is 0 Å². The van der Waals surface area contributed by atoms with Gasteiger partial charge in [-0.3, -0.25) is 9.69 Å². The molecule has 2 saturated heterocycles. The quantitative estimate of drug-likeness (QED) is 0.600. The number of likely N-dealkylation sites (tertiary alicyclic amines) is 2. The zero-order valence-corrected chi connectivity index (χ0v) is 17.8. The third-order valence-corrected chi connectivity index (χ3v) is 7.22. The molecule has 2 fully saturated rings. The molecule has 0 spiro atoms. The average molecular weight is 445 g/mol. The van der Waals surface area contributed by atoms with Crippen molar-refractivity contribution >= 4 is 15.9 Å². The molecule has 0 saturated carbocycles. The Balaban J connectivity index is 1.46. The van der Waals surface area contributed by atoms with Gasteiger partial charge in [-0.05, 0) is 37.9 Å². The van der Waals surface area contributed by atoms with Crippen molar-refractivity contribution in [2.45, 2.75) is 55.0 Å². The molecular weight excluding hydrogens is 414 g/mol. The lowest BCUT2D eigenvalue weighted by atomic mass is 10.1. The van der Waals surface area contributed by atoms with Gasteiger partial charge < -0.3 is 10.6 Å². The Morgan fingerprint density at radius 3 is 2.73 bits per heavy atom. The molecule has 2 aliphatic rings. The molecule has 10 heteroatoms. The minimum absolute atomic E-state index is 0.0663. The molecule has 0 aromatic heterocycles. The van der Waals surface area contributed by atoms with Crippen LogP contribution in [0.25, 0.3) is 0 Å². The highest BCUT2D eigenvalue weighted by Gasteiger charge is 2.39. The first-order valence-corrected chi connectivity index (χ1v) is 11.8. The van der Waals surface area contributed by atoms with Crippen molar-refractivity contribution in [1.82, 2.24) is 14.5 Å². The molecule has 0 aliphatic carbocycles. The topological polar surface area (TPSA) is 95.7 Å². The number of benzene rings is 1. The zero-order valence-electron chi connectivity index (χ0n) is 17.0. The van der Waals surface area contributed by atoms with E-state index in [1.165, 1.54) is 4.90 Å².